The van der Waals surface area contributed by atoms with Crippen LogP contribution < -0.4 is 10.6 Å². The van der Waals surface area contributed by atoms with Crippen LogP contribution in [-0.2, 0) is 4.79 Å². The van der Waals surface area contributed by atoms with E-state index in [1.807, 2.05) is 24.3 Å². The first-order chi connectivity index (χ1) is 15.9. The molecule has 4 aliphatic rings. The number of thiocarbonyl (C=S) groups is 1. The molecule has 4 bridgehead atoms. The normalized spacial score (nSPS) is 27.6. The number of amides is 1. The maximum Gasteiger partial charge on any atom is 0.231 e. The second kappa shape index (κ2) is 7.83. The molecule has 2 aromatic carbocycles. The van der Waals surface area contributed by atoms with Gasteiger partial charge < -0.3 is 20.2 Å². The molecule has 33 heavy (non-hydrogen) atoms. The summed E-state index contributed by atoms with van der Waals surface area (Å²) in [5, 5.41) is 16.7. The van der Waals surface area contributed by atoms with Crippen molar-refractivity contribution in [1.29, 1.82) is 0 Å². The lowest BCUT2D eigenvalue weighted by atomic mass is 9.49. The summed E-state index contributed by atoms with van der Waals surface area (Å²) < 4.78 is 5.75. The van der Waals surface area contributed by atoms with Crippen LogP contribution >= 0.6 is 12.2 Å². The number of rotatable bonds is 4. The SMILES string of the molecule is O=C(CC12CC3CC(CC(C3)C1)C2)NC(=S)Nc1ccc(-c2nc3ccccc3o2)c(O)c1. The predicted octanol–water partition coefficient (Wildman–Crippen LogP) is 5.62. The highest BCUT2D eigenvalue weighted by Gasteiger charge is 2.51. The van der Waals surface area contributed by atoms with Gasteiger partial charge in [0.05, 0.1) is 5.56 Å². The summed E-state index contributed by atoms with van der Waals surface area (Å²) in [4.78, 5) is 17.2. The van der Waals surface area contributed by atoms with Crippen molar-refractivity contribution in [3.05, 3.63) is 42.5 Å². The summed E-state index contributed by atoms with van der Waals surface area (Å²) >= 11 is 5.38. The zero-order valence-corrected chi connectivity index (χ0v) is 19.2. The van der Waals surface area contributed by atoms with Crippen molar-refractivity contribution in [1.82, 2.24) is 10.3 Å². The smallest absolute Gasteiger partial charge is 0.231 e. The van der Waals surface area contributed by atoms with Gasteiger partial charge in [-0.05, 0) is 98.2 Å². The van der Waals surface area contributed by atoms with Crippen LogP contribution in [0.3, 0.4) is 0 Å². The van der Waals surface area contributed by atoms with Crippen molar-refractivity contribution in [2.24, 2.45) is 23.2 Å². The van der Waals surface area contributed by atoms with Crippen LogP contribution in [0.1, 0.15) is 44.9 Å². The summed E-state index contributed by atoms with van der Waals surface area (Å²) in [6.07, 6.45) is 8.23. The molecule has 1 amide bonds. The molecular weight excluding hydrogens is 434 g/mol. The molecule has 0 atom stereocenters. The molecule has 170 valence electrons. The fourth-order valence-corrected chi connectivity index (χ4v) is 7.19. The van der Waals surface area contributed by atoms with Crippen LogP contribution in [0.5, 0.6) is 5.75 Å². The van der Waals surface area contributed by atoms with Crippen LogP contribution in [0.15, 0.2) is 46.9 Å². The molecule has 7 heteroatoms. The van der Waals surface area contributed by atoms with E-state index in [1.165, 1.54) is 38.5 Å². The lowest BCUT2D eigenvalue weighted by Gasteiger charge is -2.56. The highest BCUT2D eigenvalue weighted by molar-refractivity contribution is 7.80. The average molecular weight is 462 g/mol. The fraction of sp³-hybridized carbons (Fsp3) is 0.423. The van der Waals surface area contributed by atoms with Gasteiger partial charge in [0.25, 0.3) is 0 Å². The van der Waals surface area contributed by atoms with E-state index in [2.05, 4.69) is 15.6 Å². The Morgan fingerprint density at radius 2 is 1.79 bits per heavy atom. The van der Waals surface area contributed by atoms with Crippen molar-refractivity contribution in [3.8, 4) is 17.2 Å². The number of aromatic hydroxyl groups is 1. The quantitative estimate of drug-likeness (QED) is 0.437. The number of phenols is 1. The second-order valence-electron chi connectivity index (χ2n) is 10.3. The molecule has 7 rings (SSSR count). The monoisotopic (exact) mass is 461 g/mol. The highest BCUT2D eigenvalue weighted by atomic mass is 32.1. The van der Waals surface area contributed by atoms with Crippen LogP contribution in [0.25, 0.3) is 22.6 Å². The Balaban J connectivity index is 1.09. The number of anilines is 1. The molecular formula is C26H27N3O3S. The minimum atomic E-state index is -0.0123. The van der Waals surface area contributed by atoms with E-state index in [-0.39, 0.29) is 22.2 Å². The highest BCUT2D eigenvalue weighted by Crippen LogP contribution is 2.61. The summed E-state index contributed by atoms with van der Waals surface area (Å²) in [6.45, 7) is 0. The number of hydrogen-bond acceptors (Lipinski definition) is 5. The lowest BCUT2D eigenvalue weighted by Crippen LogP contribution is -2.48. The Morgan fingerprint density at radius 3 is 2.45 bits per heavy atom. The molecule has 4 aliphatic carbocycles. The molecule has 3 N–H and O–H groups in total. The third kappa shape index (κ3) is 3.99. The van der Waals surface area contributed by atoms with E-state index in [0.29, 0.717) is 29.1 Å². The number of phenolic OH excluding ortho intramolecular Hbond substituents is 1. The van der Waals surface area contributed by atoms with Gasteiger partial charge in [0.2, 0.25) is 11.8 Å². The number of nitrogens with one attached hydrogen (secondary N) is 2. The van der Waals surface area contributed by atoms with Crippen LogP contribution in [0.2, 0.25) is 0 Å². The van der Waals surface area contributed by atoms with E-state index in [9.17, 15) is 9.90 Å². The van der Waals surface area contributed by atoms with E-state index in [1.54, 1.807) is 18.2 Å². The topological polar surface area (TPSA) is 87.4 Å². The Hall–Kier alpha value is -2.93. The first-order valence-electron chi connectivity index (χ1n) is 11.7. The van der Waals surface area contributed by atoms with Gasteiger partial charge in [-0.15, -0.1) is 0 Å². The van der Waals surface area contributed by atoms with Crippen LogP contribution in [0, 0.1) is 23.2 Å². The van der Waals surface area contributed by atoms with E-state index < -0.39 is 0 Å². The summed E-state index contributed by atoms with van der Waals surface area (Å²) in [5.74, 6) is 2.81. The molecule has 1 aromatic heterocycles. The summed E-state index contributed by atoms with van der Waals surface area (Å²) in [7, 11) is 0. The van der Waals surface area contributed by atoms with Gasteiger partial charge in [0.15, 0.2) is 10.7 Å². The minimum Gasteiger partial charge on any atom is -0.507 e. The molecule has 0 spiro atoms. The first kappa shape index (κ1) is 20.7. The third-order valence-corrected chi connectivity index (χ3v) is 7.94. The lowest BCUT2D eigenvalue weighted by molar-refractivity contribution is -0.127. The molecule has 3 aromatic rings. The number of hydrogen-bond donors (Lipinski definition) is 3. The second-order valence-corrected chi connectivity index (χ2v) is 10.7. The standard InChI is InChI=1S/C26H27N3O3S/c30-21-10-18(5-6-19(21)24-28-20-3-1-2-4-22(20)32-24)27-25(33)29-23(31)14-26-11-15-7-16(12-26)9-17(8-15)13-26/h1-6,10,15-17,30H,7-9,11-14H2,(H2,27,29,31,33). The number of benzene rings is 2. The van der Waals surface area contributed by atoms with Crippen molar-refractivity contribution < 1.29 is 14.3 Å². The van der Waals surface area contributed by atoms with Gasteiger partial charge in [-0.3, -0.25) is 4.79 Å². The number of oxazole rings is 1. The molecule has 4 fully saturated rings. The van der Waals surface area contributed by atoms with E-state index >= 15 is 0 Å². The molecule has 1 heterocycles. The van der Waals surface area contributed by atoms with Gasteiger partial charge in [-0.1, -0.05) is 12.1 Å². The zero-order chi connectivity index (χ0) is 22.6. The van der Waals surface area contributed by atoms with Gasteiger partial charge in [-0.2, -0.15) is 0 Å². The Bertz CT molecular complexity index is 1180. The average Bonchev–Trinajstić information content (AvgIpc) is 3.16. The summed E-state index contributed by atoms with van der Waals surface area (Å²) in [6, 6.07) is 12.5. The van der Waals surface area contributed by atoms with Gasteiger partial charge in [0.1, 0.15) is 11.3 Å². The van der Waals surface area contributed by atoms with Gasteiger partial charge in [0, 0.05) is 18.2 Å². The molecule has 0 unspecified atom stereocenters. The number of aromatic nitrogens is 1. The predicted molar refractivity (Wildman–Crippen MR) is 131 cm³/mol. The van der Waals surface area contributed by atoms with Crippen molar-refractivity contribution in [2.75, 3.05) is 5.32 Å². The van der Waals surface area contributed by atoms with E-state index in [4.69, 9.17) is 16.6 Å². The zero-order valence-electron chi connectivity index (χ0n) is 18.3. The number of carbonyl (C=O) groups excluding carboxylic acids is 1. The largest absolute Gasteiger partial charge is 0.507 e. The van der Waals surface area contributed by atoms with Crippen LogP contribution in [0.4, 0.5) is 5.69 Å². The van der Waals surface area contributed by atoms with Crippen molar-refractivity contribution >= 4 is 40.0 Å². The molecule has 0 saturated heterocycles. The van der Waals surface area contributed by atoms with Gasteiger partial charge >= 0.3 is 0 Å². The van der Waals surface area contributed by atoms with Crippen molar-refractivity contribution in [2.45, 2.75) is 44.9 Å². The van der Waals surface area contributed by atoms with Crippen molar-refractivity contribution in [3.63, 3.8) is 0 Å². The molecule has 0 aliphatic heterocycles. The molecule has 0 radical (unpaired) electrons. The Kier molecular flexibility index (Phi) is 4.91. The Labute approximate surface area is 197 Å². The molecule has 6 nitrogen and oxygen atoms in total. The maximum absolute atomic E-state index is 12.8. The first-order valence-corrected chi connectivity index (χ1v) is 12.2. The third-order valence-electron chi connectivity index (χ3n) is 7.73. The maximum atomic E-state index is 12.8. The summed E-state index contributed by atoms with van der Waals surface area (Å²) in [5.41, 5.74) is 2.66. The van der Waals surface area contributed by atoms with Crippen LogP contribution in [-0.4, -0.2) is 21.1 Å². The minimum absolute atomic E-state index is 0.0123. The Morgan fingerprint density at radius 1 is 1.09 bits per heavy atom. The number of para-hydroxylation sites is 2. The van der Waals surface area contributed by atoms with Gasteiger partial charge in [-0.25, -0.2) is 4.98 Å². The number of nitrogens with zero attached hydrogens (tertiary/aromatic N) is 1. The molecule has 4 saturated carbocycles. The fourth-order valence-electron chi connectivity index (χ4n) is 6.96. The number of carbonyl (C=O) groups is 1. The number of fused-ring (bicyclic) bond motifs is 1. The van der Waals surface area contributed by atoms with E-state index in [0.717, 1.165) is 23.3 Å².